The van der Waals surface area contributed by atoms with E-state index in [-0.39, 0.29) is 34.2 Å². The van der Waals surface area contributed by atoms with Gasteiger partial charge in [-0.05, 0) is 135 Å². The Bertz CT molecular complexity index is 2570. The number of allylic oxidation sites excluding steroid dienone is 8. The second-order valence-corrected chi connectivity index (χ2v) is 21.2. The fraction of sp³-hybridized carbons (Fsp3) is 0.333. The highest BCUT2D eigenvalue weighted by Crippen LogP contribution is 2.54. The molecule has 0 bridgehead atoms. The summed E-state index contributed by atoms with van der Waals surface area (Å²) in [6.07, 6.45) is 16.3. The van der Waals surface area contributed by atoms with E-state index in [4.69, 9.17) is 0 Å². The molecule has 2 heterocycles. The number of nitrogens with zero attached hydrogens (tertiary/aromatic N) is 2. The molecule has 2 nitrogen and oxygen atoms in total. The van der Waals surface area contributed by atoms with Gasteiger partial charge in [0.2, 0.25) is 6.71 Å². The quantitative estimate of drug-likeness (QED) is 0.158. The maximum absolute atomic E-state index is 2.63. The third kappa shape index (κ3) is 6.73. The van der Waals surface area contributed by atoms with Gasteiger partial charge in [-0.1, -0.05) is 172 Å². The van der Waals surface area contributed by atoms with Crippen molar-refractivity contribution in [3.63, 3.8) is 0 Å². The summed E-state index contributed by atoms with van der Waals surface area (Å²) >= 11 is 0. The molecule has 0 saturated carbocycles. The predicted molar refractivity (Wildman–Crippen MR) is 260 cm³/mol. The zero-order chi connectivity index (χ0) is 42.4. The van der Waals surface area contributed by atoms with Crippen LogP contribution in [0.15, 0.2) is 157 Å². The first kappa shape index (κ1) is 40.1. The van der Waals surface area contributed by atoms with Crippen LogP contribution in [0.5, 0.6) is 0 Å². The van der Waals surface area contributed by atoms with E-state index in [1.807, 2.05) is 0 Å². The van der Waals surface area contributed by atoms with Crippen molar-refractivity contribution in [1.29, 1.82) is 0 Å². The van der Waals surface area contributed by atoms with Gasteiger partial charge in [-0.25, -0.2) is 0 Å². The maximum Gasteiger partial charge on any atom is 0.226 e. The second-order valence-electron chi connectivity index (χ2n) is 21.2. The number of hydrogen-bond donors (Lipinski definition) is 0. The molecule has 0 radical (unpaired) electrons. The number of anilines is 5. The van der Waals surface area contributed by atoms with Crippen LogP contribution in [0.3, 0.4) is 0 Å². The van der Waals surface area contributed by atoms with Crippen molar-refractivity contribution in [1.82, 2.24) is 0 Å². The molecule has 0 N–H and O–H groups in total. The topological polar surface area (TPSA) is 6.48 Å². The summed E-state index contributed by atoms with van der Waals surface area (Å²) < 4.78 is 0. The Labute approximate surface area is 361 Å². The Morgan fingerprint density at radius 2 is 1.15 bits per heavy atom. The van der Waals surface area contributed by atoms with E-state index in [9.17, 15) is 0 Å². The first-order chi connectivity index (χ1) is 28.4. The lowest BCUT2D eigenvalue weighted by molar-refractivity contribution is 0.309. The van der Waals surface area contributed by atoms with Crippen LogP contribution in [-0.2, 0) is 16.2 Å². The molecule has 4 aliphatic rings. The fourth-order valence-electron chi connectivity index (χ4n) is 10.6. The molecule has 0 saturated heterocycles. The molecule has 0 fully saturated rings. The van der Waals surface area contributed by atoms with E-state index >= 15 is 0 Å². The van der Waals surface area contributed by atoms with Crippen LogP contribution in [0, 0.1) is 18.3 Å². The standard InChI is InChI=1S/C57H63BN2/c1-38-34-51-53-52(35-38)60(46-30-24-42(25-31-46)56(8,9)40-18-14-12-15-19-40)49-32-26-43(55(5,6)7)36-47(49)58(53)48-37-44(57(10,11)41-20-16-13-17-21-41)27-33-50(48)59(51)45-28-22-39(23-29-45)54(2,3)4/h12-20,22-36,41,48H,21,37H2,1-11H3. The number of hydrogen-bond acceptors (Lipinski definition) is 2. The zero-order valence-electron chi connectivity index (χ0n) is 37.9. The lowest BCUT2D eigenvalue weighted by Crippen LogP contribution is -2.59. The molecular weight excluding hydrogens is 723 g/mol. The Hall–Kier alpha value is -5.28. The molecule has 0 aromatic heterocycles. The molecule has 2 atom stereocenters. The summed E-state index contributed by atoms with van der Waals surface area (Å²) in [7, 11) is 0. The van der Waals surface area contributed by atoms with Crippen molar-refractivity contribution in [3.8, 4) is 0 Å². The molecule has 2 aliphatic heterocycles. The number of rotatable bonds is 6. The van der Waals surface area contributed by atoms with E-state index in [1.165, 1.54) is 72.9 Å². The van der Waals surface area contributed by atoms with Crippen molar-refractivity contribution < 1.29 is 0 Å². The van der Waals surface area contributed by atoms with Gasteiger partial charge in [0.25, 0.3) is 0 Å². The Kier molecular flexibility index (Phi) is 9.66. The Morgan fingerprint density at radius 1 is 0.567 bits per heavy atom. The van der Waals surface area contributed by atoms with Crippen LogP contribution < -0.4 is 20.7 Å². The van der Waals surface area contributed by atoms with E-state index < -0.39 is 0 Å². The third-order valence-electron chi connectivity index (χ3n) is 14.5. The molecule has 5 aromatic rings. The monoisotopic (exact) mass is 787 g/mol. The van der Waals surface area contributed by atoms with Gasteiger partial charge in [0.1, 0.15) is 0 Å². The van der Waals surface area contributed by atoms with Crippen LogP contribution in [0.25, 0.3) is 0 Å². The lowest BCUT2D eigenvalue weighted by atomic mass is 9.28. The highest BCUT2D eigenvalue weighted by atomic mass is 15.2. The lowest BCUT2D eigenvalue weighted by Gasteiger charge is -2.50. The van der Waals surface area contributed by atoms with Crippen LogP contribution in [0.1, 0.15) is 110 Å². The summed E-state index contributed by atoms with van der Waals surface area (Å²) in [6, 6.07) is 42.1. The molecule has 5 aromatic carbocycles. The summed E-state index contributed by atoms with van der Waals surface area (Å²) in [5, 5.41) is 0. The van der Waals surface area contributed by atoms with Gasteiger partial charge in [0.05, 0.1) is 0 Å². The molecule has 0 amide bonds. The SMILES string of the molecule is Cc1cc2c3c(c1)N(c1ccc(C(C)(C)c4ccccc4)cc1)c1ccc(C(C)(C)C)cc1B3C1CC(C(C)(C)C3C=CC=CC3)=CC=C1N2c1ccc(C(C)(C)C)cc1. The van der Waals surface area contributed by atoms with Crippen molar-refractivity contribution in [3.05, 3.63) is 185 Å². The van der Waals surface area contributed by atoms with Crippen LogP contribution in [0.4, 0.5) is 28.4 Å². The number of fused-ring (bicyclic) bond motifs is 4. The number of aryl methyl sites for hydroxylation is 1. The minimum atomic E-state index is -0.121. The van der Waals surface area contributed by atoms with E-state index in [1.54, 1.807) is 5.57 Å². The van der Waals surface area contributed by atoms with Crippen molar-refractivity contribution in [2.24, 2.45) is 11.3 Å². The average molecular weight is 787 g/mol. The maximum atomic E-state index is 2.63. The van der Waals surface area contributed by atoms with Crippen molar-refractivity contribution in [2.45, 2.75) is 111 Å². The summed E-state index contributed by atoms with van der Waals surface area (Å²) in [4.78, 5) is 5.22. The van der Waals surface area contributed by atoms with Crippen LogP contribution in [-0.4, -0.2) is 6.71 Å². The van der Waals surface area contributed by atoms with Gasteiger partial charge in [-0.3, -0.25) is 0 Å². The fourth-order valence-corrected chi connectivity index (χ4v) is 10.6. The van der Waals surface area contributed by atoms with Gasteiger partial charge in [-0.2, -0.15) is 0 Å². The van der Waals surface area contributed by atoms with Gasteiger partial charge < -0.3 is 9.80 Å². The Balaban J connectivity index is 1.27. The summed E-state index contributed by atoms with van der Waals surface area (Å²) in [5.74, 6) is 0.726. The largest absolute Gasteiger partial charge is 0.315 e. The molecule has 304 valence electrons. The van der Waals surface area contributed by atoms with Gasteiger partial charge in [0, 0.05) is 39.5 Å². The third-order valence-corrected chi connectivity index (χ3v) is 14.5. The molecule has 2 aliphatic carbocycles. The molecule has 9 rings (SSSR count). The first-order valence-electron chi connectivity index (χ1n) is 22.3. The molecule has 0 spiro atoms. The second kappa shape index (κ2) is 14.4. The summed E-state index contributed by atoms with van der Waals surface area (Å²) in [5.41, 5.74) is 18.8. The molecular formula is C57H63BN2. The van der Waals surface area contributed by atoms with E-state index in [2.05, 4.69) is 232 Å². The average Bonchev–Trinajstić information content (AvgIpc) is 3.23. The van der Waals surface area contributed by atoms with Crippen LogP contribution >= 0.6 is 0 Å². The Morgan fingerprint density at radius 3 is 1.77 bits per heavy atom. The van der Waals surface area contributed by atoms with Gasteiger partial charge in [0.15, 0.2) is 0 Å². The van der Waals surface area contributed by atoms with Crippen molar-refractivity contribution >= 4 is 46.1 Å². The molecule has 2 unspecified atom stereocenters. The van der Waals surface area contributed by atoms with Gasteiger partial charge in [-0.15, -0.1) is 0 Å². The first-order valence-corrected chi connectivity index (χ1v) is 22.3. The predicted octanol–water partition coefficient (Wildman–Crippen LogP) is 14.2. The molecule has 60 heavy (non-hydrogen) atoms. The van der Waals surface area contributed by atoms with Crippen LogP contribution in [0.2, 0.25) is 5.82 Å². The van der Waals surface area contributed by atoms with Gasteiger partial charge >= 0.3 is 0 Å². The van der Waals surface area contributed by atoms with Crippen molar-refractivity contribution in [2.75, 3.05) is 9.80 Å². The number of benzene rings is 5. The highest BCUT2D eigenvalue weighted by Gasteiger charge is 2.50. The molecule has 3 heteroatoms. The minimum absolute atomic E-state index is 0.00946. The summed E-state index contributed by atoms with van der Waals surface area (Å²) in [6.45, 7) is 26.1. The smallest absolute Gasteiger partial charge is 0.226 e. The zero-order valence-corrected chi connectivity index (χ0v) is 37.9. The highest BCUT2D eigenvalue weighted by molar-refractivity contribution is 6.91. The minimum Gasteiger partial charge on any atom is -0.315 e. The van der Waals surface area contributed by atoms with E-state index in [0.717, 1.165) is 12.8 Å². The normalized spacial score (nSPS) is 18.8. The van der Waals surface area contributed by atoms with E-state index in [0.29, 0.717) is 5.92 Å².